The molecule has 11 nitrogen and oxygen atoms in total. The van der Waals surface area contributed by atoms with Crippen molar-refractivity contribution in [2.75, 3.05) is 0 Å². The van der Waals surface area contributed by atoms with Gasteiger partial charge in [0.15, 0.2) is 0 Å². The van der Waals surface area contributed by atoms with E-state index in [0.29, 0.717) is 0 Å². The number of nitrogens with one attached hydrogen (secondary N) is 1. The molecule has 0 spiro atoms. The third-order valence-electron chi connectivity index (χ3n) is 0.406. The number of nitrogens with zero attached hydrogens (tertiary/aromatic N) is 1. The van der Waals surface area contributed by atoms with Crippen LogP contribution in [-0.2, 0) is 10.4 Å². The fourth-order valence-corrected chi connectivity index (χ4v) is 0.215. The lowest BCUT2D eigenvalue weighted by atomic mass is 11.0. The highest BCUT2D eigenvalue weighted by atomic mass is 32.3. The lowest BCUT2D eigenvalue weighted by molar-refractivity contribution is 0.381. The maximum Gasteiger partial charge on any atom is 0.394 e. The zero-order valence-electron chi connectivity index (χ0n) is 7.30. The third kappa shape index (κ3) is 101. The summed E-state index contributed by atoms with van der Waals surface area (Å²) in [5.41, 5.74) is 0. The van der Waals surface area contributed by atoms with Crippen molar-refractivity contribution in [1.29, 1.82) is 0 Å². The van der Waals surface area contributed by atoms with Gasteiger partial charge in [-0.25, -0.2) is 4.98 Å². The van der Waals surface area contributed by atoms with Crippen molar-refractivity contribution in [1.82, 2.24) is 9.97 Å². The molecule has 0 saturated heterocycles. The summed E-state index contributed by atoms with van der Waals surface area (Å²) in [4.78, 5) is 6.42. The van der Waals surface area contributed by atoms with Crippen molar-refractivity contribution in [3.05, 3.63) is 18.7 Å². The molecule has 13 N–H and O–H groups in total. The van der Waals surface area contributed by atoms with Crippen molar-refractivity contribution in [3.63, 3.8) is 0 Å². The Kier molecular flexibility index (Phi) is 46.0. The molecule has 0 amide bonds. The minimum atomic E-state index is -4.67. The average molecular weight is 256 g/mol. The standard InChI is InChI=1S/C3H4N2.H2O4S.5H2O/c1-2-5-3-4-1;1-5(2,3)4;;;;;/h1-3H,(H,4,5);(H2,1,2,3,4);5*1H2. The van der Waals surface area contributed by atoms with E-state index in [0.717, 1.165) is 0 Å². The molecule has 0 aliphatic carbocycles. The normalized spacial score (nSPS) is 6.53. The van der Waals surface area contributed by atoms with Crippen molar-refractivity contribution in [3.8, 4) is 0 Å². The number of H-pyrrole nitrogens is 1. The zero-order chi connectivity index (χ0) is 8.04. The fraction of sp³-hybridized carbons (Fsp3) is 0. The molecule has 0 fully saturated rings. The van der Waals surface area contributed by atoms with Crippen LogP contribution in [0.3, 0.4) is 0 Å². The smallest absolute Gasteiger partial charge is 0.394 e. The van der Waals surface area contributed by atoms with E-state index in [-0.39, 0.29) is 27.4 Å². The van der Waals surface area contributed by atoms with Crippen LogP contribution in [0.15, 0.2) is 18.7 Å². The van der Waals surface area contributed by atoms with Crippen LogP contribution in [0.4, 0.5) is 0 Å². The second-order valence-corrected chi connectivity index (χ2v) is 2.10. The van der Waals surface area contributed by atoms with Crippen LogP contribution in [0.5, 0.6) is 0 Å². The van der Waals surface area contributed by atoms with Gasteiger partial charge in [-0.15, -0.1) is 0 Å². The highest BCUT2D eigenvalue weighted by Crippen LogP contribution is 1.62. The SMILES string of the molecule is O.O.O.O.O.O=S(=O)(O)O.c1c[nH]cn1. The van der Waals surface area contributed by atoms with Gasteiger partial charge in [-0.05, 0) is 0 Å². The number of aromatic nitrogens is 2. The summed E-state index contributed by atoms with van der Waals surface area (Å²) in [7, 11) is -4.67. The lowest BCUT2D eigenvalue weighted by Gasteiger charge is -1.68. The number of hydrogen-bond acceptors (Lipinski definition) is 3. The first-order chi connectivity index (χ1) is 4.50. The molecule has 1 aromatic rings. The van der Waals surface area contributed by atoms with Crippen LogP contribution in [-0.4, -0.2) is 54.9 Å². The first-order valence-corrected chi connectivity index (χ1v) is 3.52. The largest absolute Gasteiger partial charge is 0.412 e. The second-order valence-electron chi connectivity index (χ2n) is 1.21. The summed E-state index contributed by atoms with van der Waals surface area (Å²) >= 11 is 0. The molecule has 0 aliphatic heterocycles. The van der Waals surface area contributed by atoms with Gasteiger partial charge in [0.25, 0.3) is 0 Å². The number of imidazole rings is 1. The Morgan fingerprint density at radius 2 is 1.33 bits per heavy atom. The van der Waals surface area contributed by atoms with Crippen LogP contribution >= 0.6 is 0 Å². The van der Waals surface area contributed by atoms with Crippen LogP contribution < -0.4 is 0 Å². The average Bonchev–Trinajstić information content (AvgIpc) is 2.07. The maximum absolute atomic E-state index is 8.74. The van der Waals surface area contributed by atoms with E-state index in [1.165, 1.54) is 0 Å². The van der Waals surface area contributed by atoms with Crippen LogP contribution in [0, 0.1) is 0 Å². The molecule has 0 saturated carbocycles. The van der Waals surface area contributed by atoms with Gasteiger partial charge in [0.05, 0.1) is 6.33 Å². The molecule has 0 unspecified atom stereocenters. The zero-order valence-corrected chi connectivity index (χ0v) is 8.11. The highest BCUT2D eigenvalue weighted by molar-refractivity contribution is 7.79. The van der Waals surface area contributed by atoms with Crippen LogP contribution in [0.2, 0.25) is 0 Å². The molecule has 0 aromatic carbocycles. The van der Waals surface area contributed by atoms with E-state index in [2.05, 4.69) is 9.97 Å². The van der Waals surface area contributed by atoms with E-state index in [1.807, 2.05) is 0 Å². The van der Waals surface area contributed by atoms with E-state index in [4.69, 9.17) is 17.5 Å². The van der Waals surface area contributed by atoms with Gasteiger partial charge in [0, 0.05) is 12.4 Å². The Bertz CT molecular complexity index is 219. The van der Waals surface area contributed by atoms with Crippen molar-refractivity contribution in [2.24, 2.45) is 0 Å². The molecule has 1 heterocycles. The number of hydrogen-bond donors (Lipinski definition) is 3. The van der Waals surface area contributed by atoms with E-state index >= 15 is 0 Å². The quantitative estimate of drug-likeness (QED) is 0.387. The molecular formula is C3H16N2O9S. The fourth-order valence-electron chi connectivity index (χ4n) is 0.215. The van der Waals surface area contributed by atoms with Gasteiger partial charge in [0.1, 0.15) is 0 Å². The molecule has 0 atom stereocenters. The van der Waals surface area contributed by atoms with Gasteiger partial charge in [0.2, 0.25) is 0 Å². The van der Waals surface area contributed by atoms with E-state index in [9.17, 15) is 0 Å². The molecule has 15 heavy (non-hydrogen) atoms. The first kappa shape index (κ1) is 37.1. The summed E-state index contributed by atoms with van der Waals surface area (Å²) in [6.07, 6.45) is 5.08. The van der Waals surface area contributed by atoms with Gasteiger partial charge in [-0.1, -0.05) is 0 Å². The van der Waals surface area contributed by atoms with Gasteiger partial charge in [-0.3, -0.25) is 9.11 Å². The van der Waals surface area contributed by atoms with Gasteiger partial charge in [-0.2, -0.15) is 8.42 Å². The van der Waals surface area contributed by atoms with E-state index in [1.54, 1.807) is 18.7 Å². The van der Waals surface area contributed by atoms with E-state index < -0.39 is 10.4 Å². The van der Waals surface area contributed by atoms with Crippen molar-refractivity contribution in [2.45, 2.75) is 0 Å². The third-order valence-corrected chi connectivity index (χ3v) is 0.406. The van der Waals surface area contributed by atoms with Gasteiger partial charge >= 0.3 is 10.4 Å². The Morgan fingerprint density at radius 3 is 1.40 bits per heavy atom. The summed E-state index contributed by atoms with van der Waals surface area (Å²) in [6, 6.07) is 0. The Hall–Kier alpha value is -1.12. The maximum atomic E-state index is 8.74. The summed E-state index contributed by atoms with van der Waals surface area (Å²) < 4.78 is 31.6. The van der Waals surface area contributed by atoms with Crippen LogP contribution in [0.1, 0.15) is 0 Å². The minimum absolute atomic E-state index is 0. The molecule has 1 rings (SSSR count). The Labute approximate surface area is 84.9 Å². The molecule has 0 aliphatic rings. The lowest BCUT2D eigenvalue weighted by Crippen LogP contribution is -1.89. The monoisotopic (exact) mass is 256 g/mol. The molecular weight excluding hydrogens is 240 g/mol. The summed E-state index contributed by atoms with van der Waals surface area (Å²) in [5, 5.41) is 0. The predicted octanol–water partition coefficient (Wildman–Crippen LogP) is -4.37. The molecule has 1 aromatic heterocycles. The minimum Gasteiger partial charge on any atom is -0.412 e. The Balaban J connectivity index is -0.0000000202. The second kappa shape index (κ2) is 18.6. The molecule has 12 heteroatoms. The summed E-state index contributed by atoms with van der Waals surface area (Å²) in [5.74, 6) is 0. The molecule has 0 bridgehead atoms. The van der Waals surface area contributed by atoms with Crippen molar-refractivity contribution >= 4 is 10.4 Å². The molecule has 98 valence electrons. The summed E-state index contributed by atoms with van der Waals surface area (Å²) in [6.45, 7) is 0. The number of rotatable bonds is 0. The first-order valence-electron chi connectivity index (χ1n) is 2.13. The predicted molar refractivity (Wildman–Crippen MR) is 50.8 cm³/mol. The van der Waals surface area contributed by atoms with Crippen LogP contribution in [0.25, 0.3) is 0 Å². The highest BCUT2D eigenvalue weighted by Gasteiger charge is 1.84. The number of aromatic amines is 1. The topological polar surface area (TPSA) is 261 Å². The Morgan fingerprint density at radius 1 is 1.00 bits per heavy atom. The van der Waals surface area contributed by atoms with Crippen molar-refractivity contribution < 1.29 is 44.9 Å². The van der Waals surface area contributed by atoms with Gasteiger partial charge < -0.3 is 32.4 Å². The molecule has 0 radical (unpaired) electrons.